The highest BCUT2D eigenvalue weighted by Gasteiger charge is 2.15. The van der Waals surface area contributed by atoms with E-state index in [1.807, 2.05) is 0 Å². The number of ether oxygens (including phenoxy) is 2. The van der Waals surface area contributed by atoms with E-state index in [1.54, 1.807) is 0 Å². The summed E-state index contributed by atoms with van der Waals surface area (Å²) in [5.74, 6) is 0. The lowest BCUT2D eigenvalue weighted by molar-refractivity contribution is 0.0493. The van der Waals surface area contributed by atoms with Gasteiger partial charge in [-0.2, -0.15) is 0 Å². The van der Waals surface area contributed by atoms with Crippen molar-refractivity contribution in [1.29, 1.82) is 0 Å². The van der Waals surface area contributed by atoms with Crippen LogP contribution in [0, 0.1) is 10.8 Å². The summed E-state index contributed by atoms with van der Waals surface area (Å²) in [6.45, 7) is 16.4. The van der Waals surface area contributed by atoms with Crippen LogP contribution in [0.15, 0.2) is 0 Å². The molecule has 0 fully saturated rings. The van der Waals surface area contributed by atoms with Gasteiger partial charge in [-0.25, -0.2) is 0 Å². The highest BCUT2D eigenvalue weighted by atomic mass is 32.1. The standard InChI is InChI=1S/C18H35NO2S2/c1-17(2,3)14-15(22)8-7-10-20-12-13-21-11-9-19-16(23)18(4,5)6/h7-14H2,1-6H3,(H,19,23). The van der Waals surface area contributed by atoms with Crippen LogP contribution in [0.5, 0.6) is 0 Å². The number of rotatable bonds is 11. The molecule has 0 saturated heterocycles. The lowest BCUT2D eigenvalue weighted by Gasteiger charge is -2.21. The summed E-state index contributed by atoms with van der Waals surface area (Å²) in [4.78, 5) is 2.03. The zero-order chi connectivity index (χ0) is 17.9. The van der Waals surface area contributed by atoms with Crippen molar-refractivity contribution in [2.45, 2.75) is 60.8 Å². The molecular weight excluding hydrogens is 326 g/mol. The van der Waals surface area contributed by atoms with Crippen LogP contribution in [0.4, 0.5) is 0 Å². The van der Waals surface area contributed by atoms with E-state index in [1.165, 1.54) is 0 Å². The maximum Gasteiger partial charge on any atom is 0.0808 e. The molecule has 0 radical (unpaired) electrons. The number of hydrogen-bond acceptors (Lipinski definition) is 4. The molecule has 0 saturated carbocycles. The van der Waals surface area contributed by atoms with Gasteiger partial charge in [-0.05, 0) is 29.5 Å². The van der Waals surface area contributed by atoms with Crippen molar-refractivity contribution >= 4 is 34.3 Å². The van der Waals surface area contributed by atoms with Crippen LogP contribution in [-0.2, 0) is 9.47 Å². The Morgan fingerprint density at radius 2 is 1.43 bits per heavy atom. The molecule has 0 aromatic heterocycles. The van der Waals surface area contributed by atoms with Gasteiger partial charge in [-0.1, -0.05) is 66.0 Å². The lowest BCUT2D eigenvalue weighted by Crippen LogP contribution is -2.35. The first-order chi connectivity index (χ1) is 10.5. The topological polar surface area (TPSA) is 30.5 Å². The molecule has 0 spiro atoms. The van der Waals surface area contributed by atoms with Crippen LogP contribution in [0.25, 0.3) is 0 Å². The Bertz CT molecular complexity index is 357. The smallest absolute Gasteiger partial charge is 0.0808 e. The van der Waals surface area contributed by atoms with E-state index in [9.17, 15) is 0 Å². The molecule has 0 aliphatic rings. The first-order valence-corrected chi connectivity index (χ1v) is 9.29. The zero-order valence-corrected chi connectivity index (χ0v) is 17.4. The number of hydrogen-bond donors (Lipinski definition) is 1. The molecule has 0 rings (SSSR count). The molecular formula is C18H35NO2S2. The van der Waals surface area contributed by atoms with Gasteiger partial charge in [0.15, 0.2) is 0 Å². The molecule has 1 N–H and O–H groups in total. The Hall–Kier alpha value is -0.100. The van der Waals surface area contributed by atoms with E-state index < -0.39 is 0 Å². The van der Waals surface area contributed by atoms with Gasteiger partial charge in [0.1, 0.15) is 0 Å². The second-order valence-electron chi connectivity index (χ2n) is 8.11. The van der Waals surface area contributed by atoms with Gasteiger partial charge in [-0.3, -0.25) is 0 Å². The third-order valence-electron chi connectivity index (χ3n) is 3.06. The van der Waals surface area contributed by atoms with Gasteiger partial charge in [0, 0.05) is 18.6 Å². The Kier molecular flexibility index (Phi) is 11.4. The average molecular weight is 362 g/mol. The molecule has 0 heterocycles. The zero-order valence-electron chi connectivity index (χ0n) is 15.8. The highest BCUT2D eigenvalue weighted by Crippen LogP contribution is 2.20. The first kappa shape index (κ1) is 22.9. The molecule has 0 unspecified atom stereocenters. The lowest BCUT2D eigenvalue weighted by atomic mass is 9.89. The minimum absolute atomic E-state index is 0.0199. The van der Waals surface area contributed by atoms with Gasteiger partial charge in [-0.15, -0.1) is 0 Å². The molecule has 136 valence electrons. The minimum Gasteiger partial charge on any atom is -0.379 e. The van der Waals surface area contributed by atoms with Crippen LogP contribution in [0.1, 0.15) is 60.8 Å². The van der Waals surface area contributed by atoms with Crippen LogP contribution in [0.2, 0.25) is 0 Å². The Morgan fingerprint density at radius 3 is 1.96 bits per heavy atom. The molecule has 0 aliphatic carbocycles. The van der Waals surface area contributed by atoms with Crippen molar-refractivity contribution in [3.05, 3.63) is 0 Å². The van der Waals surface area contributed by atoms with Gasteiger partial charge < -0.3 is 14.8 Å². The fraction of sp³-hybridized carbons (Fsp3) is 0.889. The van der Waals surface area contributed by atoms with E-state index in [-0.39, 0.29) is 10.8 Å². The van der Waals surface area contributed by atoms with E-state index in [0.717, 1.165) is 42.3 Å². The van der Waals surface area contributed by atoms with E-state index in [0.29, 0.717) is 19.8 Å². The maximum absolute atomic E-state index is 5.57. The summed E-state index contributed by atoms with van der Waals surface area (Å²) in [5.41, 5.74) is 0.307. The van der Waals surface area contributed by atoms with Crippen LogP contribution >= 0.6 is 24.4 Å². The predicted octanol–water partition coefficient (Wildman–Crippen LogP) is 4.57. The number of thiocarbonyl (C=S) groups is 2. The van der Waals surface area contributed by atoms with Gasteiger partial charge in [0.05, 0.1) is 24.8 Å². The Labute approximate surface area is 153 Å². The van der Waals surface area contributed by atoms with Crippen molar-refractivity contribution < 1.29 is 9.47 Å². The highest BCUT2D eigenvalue weighted by molar-refractivity contribution is 7.80. The SMILES string of the molecule is CC(C)(C)CC(=S)CCCOCCOCCNC(=S)C(C)(C)C. The Balaban J connectivity index is 3.38. The largest absolute Gasteiger partial charge is 0.379 e. The van der Waals surface area contributed by atoms with Crippen LogP contribution in [-0.4, -0.2) is 42.8 Å². The maximum atomic E-state index is 5.57. The first-order valence-electron chi connectivity index (χ1n) is 8.48. The van der Waals surface area contributed by atoms with Crippen molar-refractivity contribution in [3.63, 3.8) is 0 Å². The molecule has 0 aromatic rings. The summed E-state index contributed by atoms with van der Waals surface area (Å²) < 4.78 is 11.1. The fourth-order valence-electron chi connectivity index (χ4n) is 1.88. The summed E-state index contributed by atoms with van der Waals surface area (Å²) >= 11 is 10.7. The average Bonchev–Trinajstić information content (AvgIpc) is 2.37. The van der Waals surface area contributed by atoms with E-state index >= 15 is 0 Å². The van der Waals surface area contributed by atoms with Crippen LogP contribution in [0.3, 0.4) is 0 Å². The predicted molar refractivity (Wildman–Crippen MR) is 108 cm³/mol. The summed E-state index contributed by atoms with van der Waals surface area (Å²) in [5, 5.41) is 3.22. The monoisotopic (exact) mass is 361 g/mol. The summed E-state index contributed by atoms with van der Waals surface area (Å²) in [7, 11) is 0. The molecule has 3 nitrogen and oxygen atoms in total. The van der Waals surface area contributed by atoms with Crippen molar-refractivity contribution in [1.82, 2.24) is 5.32 Å². The van der Waals surface area contributed by atoms with Crippen molar-refractivity contribution in [3.8, 4) is 0 Å². The van der Waals surface area contributed by atoms with Crippen LogP contribution < -0.4 is 5.32 Å². The summed E-state index contributed by atoms with van der Waals surface area (Å²) in [6.07, 6.45) is 2.98. The van der Waals surface area contributed by atoms with Gasteiger partial charge in [0.2, 0.25) is 0 Å². The molecule has 0 bridgehead atoms. The van der Waals surface area contributed by atoms with Gasteiger partial charge >= 0.3 is 0 Å². The van der Waals surface area contributed by atoms with Gasteiger partial charge in [0.25, 0.3) is 0 Å². The minimum atomic E-state index is 0.0199. The molecule has 5 heteroatoms. The second kappa shape index (κ2) is 11.5. The van der Waals surface area contributed by atoms with E-state index in [2.05, 4.69) is 46.9 Å². The van der Waals surface area contributed by atoms with Crippen molar-refractivity contribution in [2.24, 2.45) is 10.8 Å². The normalized spacial score (nSPS) is 12.3. The molecule has 0 atom stereocenters. The Morgan fingerprint density at radius 1 is 0.870 bits per heavy atom. The molecule has 0 aliphatic heterocycles. The fourth-order valence-corrected chi connectivity index (χ4v) is 2.55. The third-order valence-corrected chi connectivity index (χ3v) is 4.16. The number of nitrogens with one attached hydrogen (secondary N) is 1. The van der Waals surface area contributed by atoms with E-state index in [4.69, 9.17) is 33.9 Å². The molecule has 23 heavy (non-hydrogen) atoms. The molecule has 0 aromatic carbocycles. The quantitative estimate of drug-likeness (QED) is 0.430. The molecule has 0 amide bonds. The third kappa shape index (κ3) is 15.2. The van der Waals surface area contributed by atoms with Crippen molar-refractivity contribution in [2.75, 3.05) is 33.0 Å². The summed E-state index contributed by atoms with van der Waals surface area (Å²) in [6, 6.07) is 0. The second-order valence-corrected chi connectivity index (χ2v) is 9.10.